The zero-order chi connectivity index (χ0) is 25.2. The zero-order valence-electron chi connectivity index (χ0n) is 19.2. The van der Waals surface area contributed by atoms with Crippen molar-refractivity contribution in [3.05, 3.63) is 68.1 Å². The Morgan fingerprint density at radius 3 is 2.54 bits per heavy atom. The van der Waals surface area contributed by atoms with Gasteiger partial charge in [0, 0.05) is 41.1 Å². The molecule has 5 N–H and O–H groups in total. The van der Waals surface area contributed by atoms with Crippen LogP contribution >= 0.6 is 11.6 Å². The highest BCUT2D eigenvalue weighted by molar-refractivity contribution is 7.87. The molecule has 0 radical (unpaired) electrons. The number of aromatic nitrogens is 1. The van der Waals surface area contributed by atoms with Gasteiger partial charge in [-0.25, -0.2) is 9.86 Å². The van der Waals surface area contributed by atoms with Crippen molar-refractivity contribution in [1.82, 2.24) is 15.0 Å². The van der Waals surface area contributed by atoms with Gasteiger partial charge in [0.1, 0.15) is 0 Å². The SMILES string of the molecule is NS(=O)(=O)NC(=O)CCCc1ccc(C(C[C@H]2CCC(=O)N2)c2ccc(C3CC3)c(=O)[nH]2)cc1Cl. The van der Waals surface area contributed by atoms with E-state index in [1.54, 1.807) is 4.72 Å². The van der Waals surface area contributed by atoms with Crippen LogP contribution in [0.3, 0.4) is 0 Å². The van der Waals surface area contributed by atoms with Crippen molar-refractivity contribution in [3.8, 4) is 0 Å². The second-order valence-electron chi connectivity index (χ2n) is 9.34. The highest BCUT2D eigenvalue weighted by Gasteiger charge is 2.29. The van der Waals surface area contributed by atoms with Crippen LogP contribution in [0.25, 0.3) is 0 Å². The molecule has 1 aromatic carbocycles. The van der Waals surface area contributed by atoms with Crippen LogP contribution in [0.15, 0.2) is 35.1 Å². The molecule has 2 amide bonds. The number of hydrogen-bond donors (Lipinski definition) is 4. The van der Waals surface area contributed by atoms with Crippen molar-refractivity contribution in [1.29, 1.82) is 0 Å². The fraction of sp³-hybridized carbons (Fsp3) is 0.458. The first-order valence-corrected chi connectivity index (χ1v) is 13.7. The minimum absolute atomic E-state index is 0.00685. The number of pyridine rings is 1. The van der Waals surface area contributed by atoms with E-state index in [1.807, 2.05) is 30.3 Å². The molecule has 1 aliphatic heterocycles. The summed E-state index contributed by atoms with van der Waals surface area (Å²) in [5.74, 6) is -0.448. The van der Waals surface area contributed by atoms with Gasteiger partial charge in [0.15, 0.2) is 0 Å². The minimum Gasteiger partial charge on any atom is -0.353 e. The average Bonchev–Trinajstić information content (AvgIpc) is 3.53. The topological polar surface area (TPSA) is 151 Å². The normalized spacial score (nSPS) is 18.8. The molecule has 1 aromatic heterocycles. The van der Waals surface area contributed by atoms with Crippen LogP contribution in [0, 0.1) is 0 Å². The number of hydrogen-bond acceptors (Lipinski definition) is 5. The highest BCUT2D eigenvalue weighted by Crippen LogP contribution is 2.39. The van der Waals surface area contributed by atoms with Crippen molar-refractivity contribution in [2.24, 2.45) is 5.14 Å². The van der Waals surface area contributed by atoms with Gasteiger partial charge in [-0.05, 0) is 67.7 Å². The first-order valence-electron chi connectivity index (χ1n) is 11.7. The number of nitrogens with one attached hydrogen (secondary N) is 3. The number of carbonyl (C=O) groups excluding carboxylic acids is 2. The van der Waals surface area contributed by atoms with Crippen molar-refractivity contribution >= 4 is 33.6 Å². The molecule has 1 saturated carbocycles. The number of carbonyl (C=O) groups is 2. The Morgan fingerprint density at radius 2 is 1.94 bits per heavy atom. The van der Waals surface area contributed by atoms with Gasteiger partial charge >= 0.3 is 0 Å². The molecule has 4 rings (SSSR count). The Labute approximate surface area is 209 Å². The van der Waals surface area contributed by atoms with Gasteiger partial charge in [0.05, 0.1) is 0 Å². The molecule has 0 bridgehead atoms. The largest absolute Gasteiger partial charge is 0.353 e. The first kappa shape index (κ1) is 25.4. The van der Waals surface area contributed by atoms with E-state index < -0.39 is 16.1 Å². The molecule has 2 atom stereocenters. The lowest BCUT2D eigenvalue weighted by molar-refractivity contribution is -0.120. The summed E-state index contributed by atoms with van der Waals surface area (Å²) in [5.41, 5.74) is 3.28. The second-order valence-corrected chi connectivity index (χ2v) is 11.0. The van der Waals surface area contributed by atoms with E-state index in [-0.39, 0.29) is 29.8 Å². The maximum Gasteiger partial charge on any atom is 0.298 e. The monoisotopic (exact) mass is 520 g/mol. The van der Waals surface area contributed by atoms with Gasteiger partial charge in [0.2, 0.25) is 11.8 Å². The molecule has 0 spiro atoms. The van der Waals surface area contributed by atoms with Crippen LogP contribution in [-0.2, 0) is 26.2 Å². The van der Waals surface area contributed by atoms with E-state index in [9.17, 15) is 22.8 Å². The Hall–Kier alpha value is -2.69. The number of halogens is 1. The number of H-pyrrole nitrogens is 1. The van der Waals surface area contributed by atoms with Gasteiger partial charge in [-0.15, -0.1) is 0 Å². The Balaban J connectivity index is 1.51. The van der Waals surface area contributed by atoms with Gasteiger partial charge in [-0.2, -0.15) is 8.42 Å². The summed E-state index contributed by atoms with van der Waals surface area (Å²) < 4.78 is 23.6. The van der Waals surface area contributed by atoms with Crippen LogP contribution in [0.5, 0.6) is 0 Å². The third-order valence-electron chi connectivity index (χ3n) is 6.55. The molecular weight excluding hydrogens is 492 g/mol. The maximum atomic E-state index is 12.7. The number of aryl methyl sites for hydroxylation is 1. The number of rotatable bonds is 10. The Bertz CT molecular complexity index is 1290. The van der Waals surface area contributed by atoms with E-state index in [0.717, 1.165) is 41.6 Å². The summed E-state index contributed by atoms with van der Waals surface area (Å²) in [7, 11) is -4.07. The Kier molecular flexibility index (Phi) is 7.63. The second kappa shape index (κ2) is 10.5. The fourth-order valence-corrected chi connectivity index (χ4v) is 5.34. The van der Waals surface area contributed by atoms with Crippen LogP contribution in [0.2, 0.25) is 5.02 Å². The summed E-state index contributed by atoms with van der Waals surface area (Å²) in [5, 5.41) is 8.34. The fourth-order valence-electron chi connectivity index (χ4n) is 4.63. The van der Waals surface area contributed by atoms with Gasteiger partial charge in [0.25, 0.3) is 15.8 Å². The predicted molar refractivity (Wildman–Crippen MR) is 132 cm³/mol. The molecule has 1 aliphatic carbocycles. The molecule has 2 aromatic rings. The van der Waals surface area contributed by atoms with E-state index in [1.165, 1.54) is 0 Å². The molecule has 2 heterocycles. The number of aromatic amines is 1. The molecule has 2 aliphatic rings. The lowest BCUT2D eigenvalue weighted by Crippen LogP contribution is -2.35. The quantitative estimate of drug-likeness (QED) is 0.379. The summed E-state index contributed by atoms with van der Waals surface area (Å²) in [4.78, 5) is 39.2. The molecule has 1 unspecified atom stereocenters. The molecule has 2 fully saturated rings. The van der Waals surface area contributed by atoms with E-state index in [2.05, 4.69) is 10.3 Å². The smallest absolute Gasteiger partial charge is 0.298 e. The first-order chi connectivity index (χ1) is 16.6. The zero-order valence-corrected chi connectivity index (χ0v) is 20.8. The molecule has 9 nitrogen and oxygen atoms in total. The molecular formula is C24H29ClN4O5S. The highest BCUT2D eigenvalue weighted by atomic mass is 35.5. The number of benzene rings is 1. The van der Waals surface area contributed by atoms with Crippen LogP contribution in [0.1, 0.15) is 79.2 Å². The van der Waals surface area contributed by atoms with Crippen molar-refractivity contribution < 1.29 is 18.0 Å². The third kappa shape index (κ3) is 6.93. The summed E-state index contributed by atoms with van der Waals surface area (Å²) in [6, 6.07) is 9.56. The van der Waals surface area contributed by atoms with Gasteiger partial charge < -0.3 is 10.3 Å². The molecule has 11 heteroatoms. The Morgan fingerprint density at radius 1 is 1.17 bits per heavy atom. The summed E-state index contributed by atoms with van der Waals surface area (Å²) >= 11 is 6.57. The van der Waals surface area contributed by atoms with Crippen molar-refractivity contribution in [3.63, 3.8) is 0 Å². The van der Waals surface area contributed by atoms with E-state index >= 15 is 0 Å². The van der Waals surface area contributed by atoms with E-state index in [4.69, 9.17) is 16.7 Å². The molecule has 35 heavy (non-hydrogen) atoms. The maximum absolute atomic E-state index is 12.7. The lowest BCUT2D eigenvalue weighted by Gasteiger charge is -2.22. The number of nitrogens with two attached hydrogens (primary N) is 1. The third-order valence-corrected chi connectivity index (χ3v) is 7.41. The average molecular weight is 521 g/mol. The van der Waals surface area contributed by atoms with Crippen molar-refractivity contribution in [2.45, 2.75) is 69.2 Å². The minimum atomic E-state index is -4.07. The van der Waals surface area contributed by atoms with Crippen molar-refractivity contribution in [2.75, 3.05) is 0 Å². The van der Waals surface area contributed by atoms with Crippen LogP contribution in [-0.4, -0.2) is 31.3 Å². The van der Waals surface area contributed by atoms with Gasteiger partial charge in [-0.3, -0.25) is 14.4 Å². The summed E-state index contributed by atoms with van der Waals surface area (Å²) in [6.07, 6.45) is 4.82. The standard InChI is InChI=1S/C24H29ClN4O5S/c25-20-12-16(7-6-15(20)2-1-3-23(31)29-35(26,33)34)19(13-17-8-11-22(30)27-17)21-10-9-18(14-4-5-14)24(32)28-21/h6-7,9-10,12,14,17,19H,1-5,8,11,13H2,(H,27,30)(H,28,32)(H,29,31)(H2,26,33,34)/t17-,19?/m1/s1. The summed E-state index contributed by atoms with van der Waals surface area (Å²) in [6.45, 7) is 0. The molecule has 1 saturated heterocycles. The van der Waals surface area contributed by atoms with Gasteiger partial charge in [-0.1, -0.05) is 29.8 Å². The molecule has 188 valence electrons. The lowest BCUT2D eigenvalue weighted by atomic mass is 9.87. The number of amides is 2. The van der Waals surface area contributed by atoms with Crippen LogP contribution in [0.4, 0.5) is 0 Å². The van der Waals surface area contributed by atoms with Crippen LogP contribution < -0.4 is 20.7 Å². The predicted octanol–water partition coefficient (Wildman–Crippen LogP) is 2.35. The van der Waals surface area contributed by atoms with E-state index in [0.29, 0.717) is 36.6 Å².